The van der Waals surface area contributed by atoms with E-state index >= 15 is 0 Å². The Morgan fingerprint density at radius 1 is 1.26 bits per heavy atom. The van der Waals surface area contributed by atoms with Gasteiger partial charge in [-0.2, -0.15) is 4.98 Å². The summed E-state index contributed by atoms with van der Waals surface area (Å²) in [4.78, 5) is 22.4. The molecule has 2 atom stereocenters. The summed E-state index contributed by atoms with van der Waals surface area (Å²) < 4.78 is 10.9. The largest absolute Gasteiger partial charge is 0.372 e. The molecule has 3 heterocycles. The zero-order valence-electron chi connectivity index (χ0n) is 13.3. The number of ether oxygens (including phenoxy) is 1. The summed E-state index contributed by atoms with van der Waals surface area (Å²) in [6, 6.07) is 3.63. The Bertz CT molecular complexity index is 648. The van der Waals surface area contributed by atoms with Gasteiger partial charge in [0.2, 0.25) is 17.6 Å². The van der Waals surface area contributed by atoms with E-state index in [1.165, 1.54) is 0 Å². The van der Waals surface area contributed by atoms with Crippen LogP contribution in [0.25, 0.3) is 11.4 Å². The van der Waals surface area contributed by atoms with Gasteiger partial charge in [0.05, 0.1) is 12.2 Å². The summed E-state index contributed by atoms with van der Waals surface area (Å²) in [6.45, 7) is 5.23. The van der Waals surface area contributed by atoms with Crippen LogP contribution in [0.3, 0.4) is 0 Å². The smallest absolute Gasteiger partial charge is 0.227 e. The van der Waals surface area contributed by atoms with Crippen molar-refractivity contribution in [3.8, 4) is 11.4 Å². The molecule has 0 bridgehead atoms. The van der Waals surface area contributed by atoms with Crippen LogP contribution in [0.1, 0.15) is 26.2 Å². The first-order valence-electron chi connectivity index (χ1n) is 7.78. The molecule has 2 aromatic heterocycles. The number of aryl methyl sites for hydroxylation is 1. The molecule has 122 valence electrons. The van der Waals surface area contributed by atoms with Crippen LogP contribution in [-0.2, 0) is 16.0 Å². The van der Waals surface area contributed by atoms with Crippen LogP contribution in [0.15, 0.2) is 29.0 Å². The number of aromatic nitrogens is 3. The van der Waals surface area contributed by atoms with E-state index in [2.05, 4.69) is 15.1 Å². The molecule has 23 heavy (non-hydrogen) atoms. The second-order valence-electron chi connectivity index (χ2n) is 5.80. The second-order valence-corrected chi connectivity index (χ2v) is 5.80. The fraction of sp³-hybridized carbons (Fsp3) is 0.500. The number of nitrogens with zero attached hydrogens (tertiary/aromatic N) is 4. The number of carbonyl (C=O) groups is 1. The zero-order chi connectivity index (χ0) is 16.2. The van der Waals surface area contributed by atoms with Crippen molar-refractivity contribution in [1.29, 1.82) is 0 Å². The average Bonchev–Trinajstić information content (AvgIpc) is 3.01. The highest BCUT2D eigenvalue weighted by Crippen LogP contribution is 2.16. The summed E-state index contributed by atoms with van der Waals surface area (Å²) in [5.41, 5.74) is 0.845. The first kappa shape index (κ1) is 15.6. The minimum atomic E-state index is 0.0735. The van der Waals surface area contributed by atoms with Crippen LogP contribution < -0.4 is 0 Å². The highest BCUT2D eigenvalue weighted by atomic mass is 16.5. The Morgan fingerprint density at radius 2 is 1.96 bits per heavy atom. The highest BCUT2D eigenvalue weighted by Gasteiger charge is 2.25. The normalized spacial score (nSPS) is 21.4. The van der Waals surface area contributed by atoms with Crippen molar-refractivity contribution >= 4 is 5.91 Å². The molecule has 0 N–H and O–H groups in total. The van der Waals surface area contributed by atoms with Crippen molar-refractivity contribution in [2.45, 2.75) is 38.9 Å². The Kier molecular flexibility index (Phi) is 4.66. The van der Waals surface area contributed by atoms with E-state index in [0.717, 1.165) is 5.56 Å². The molecule has 1 aliphatic rings. The van der Waals surface area contributed by atoms with E-state index in [1.807, 2.05) is 30.9 Å². The number of carbonyl (C=O) groups excluding carboxylic acids is 1. The van der Waals surface area contributed by atoms with Gasteiger partial charge in [-0.1, -0.05) is 5.16 Å². The van der Waals surface area contributed by atoms with Crippen LogP contribution in [0.2, 0.25) is 0 Å². The van der Waals surface area contributed by atoms with Crippen LogP contribution in [-0.4, -0.2) is 51.2 Å². The molecule has 0 aromatic carbocycles. The standard InChI is InChI=1S/C16H20N4O3/c1-11-9-20(10-12(2)22-11)15(21)4-3-14-18-16(19-23-14)13-5-7-17-8-6-13/h5-8,11-12H,3-4,9-10H2,1-2H3. The van der Waals surface area contributed by atoms with Crippen molar-refractivity contribution in [2.24, 2.45) is 0 Å². The maximum absolute atomic E-state index is 12.3. The number of morpholine rings is 1. The van der Waals surface area contributed by atoms with Crippen molar-refractivity contribution in [2.75, 3.05) is 13.1 Å². The molecular weight excluding hydrogens is 296 g/mol. The SMILES string of the molecule is CC1CN(C(=O)CCc2nc(-c3ccncc3)no2)CC(C)O1. The van der Waals surface area contributed by atoms with Gasteiger partial charge in [-0.25, -0.2) is 0 Å². The van der Waals surface area contributed by atoms with Gasteiger partial charge in [-0.3, -0.25) is 9.78 Å². The van der Waals surface area contributed by atoms with Gasteiger partial charge >= 0.3 is 0 Å². The average molecular weight is 316 g/mol. The molecule has 0 saturated carbocycles. The highest BCUT2D eigenvalue weighted by molar-refractivity contribution is 5.76. The Balaban J connectivity index is 1.56. The number of hydrogen-bond acceptors (Lipinski definition) is 6. The first-order chi connectivity index (χ1) is 11.1. The minimum Gasteiger partial charge on any atom is -0.372 e. The lowest BCUT2D eigenvalue weighted by Crippen LogP contribution is -2.48. The van der Waals surface area contributed by atoms with Crippen molar-refractivity contribution in [3.05, 3.63) is 30.4 Å². The zero-order valence-corrected chi connectivity index (χ0v) is 13.3. The first-order valence-corrected chi connectivity index (χ1v) is 7.78. The lowest BCUT2D eigenvalue weighted by atomic mass is 10.2. The van der Waals surface area contributed by atoms with Gasteiger partial charge in [0.25, 0.3) is 0 Å². The van der Waals surface area contributed by atoms with Gasteiger partial charge < -0.3 is 14.2 Å². The molecule has 7 nitrogen and oxygen atoms in total. The van der Waals surface area contributed by atoms with Crippen molar-refractivity contribution in [3.63, 3.8) is 0 Å². The Hall–Kier alpha value is -2.28. The third-order valence-corrected chi connectivity index (χ3v) is 3.73. The molecule has 0 spiro atoms. The van der Waals surface area contributed by atoms with Gasteiger partial charge in [0.15, 0.2) is 0 Å². The third kappa shape index (κ3) is 3.92. The molecule has 1 aliphatic heterocycles. The molecule has 1 amide bonds. The summed E-state index contributed by atoms with van der Waals surface area (Å²) in [5, 5.41) is 3.94. The van der Waals surface area contributed by atoms with Crippen LogP contribution in [0.4, 0.5) is 0 Å². The van der Waals surface area contributed by atoms with E-state index < -0.39 is 0 Å². The monoisotopic (exact) mass is 316 g/mol. The van der Waals surface area contributed by atoms with Gasteiger partial charge in [-0.15, -0.1) is 0 Å². The fourth-order valence-electron chi connectivity index (χ4n) is 2.73. The molecule has 7 heteroatoms. The molecule has 1 saturated heterocycles. The number of hydrogen-bond donors (Lipinski definition) is 0. The molecule has 3 rings (SSSR count). The predicted molar refractivity (Wildman–Crippen MR) is 82.4 cm³/mol. The molecule has 2 unspecified atom stereocenters. The Morgan fingerprint density at radius 3 is 2.65 bits per heavy atom. The van der Waals surface area contributed by atoms with E-state index in [4.69, 9.17) is 9.26 Å². The number of amides is 1. The maximum atomic E-state index is 12.3. The van der Waals surface area contributed by atoms with Gasteiger partial charge in [0.1, 0.15) is 0 Å². The topological polar surface area (TPSA) is 81.4 Å². The molecule has 1 fully saturated rings. The summed E-state index contributed by atoms with van der Waals surface area (Å²) in [7, 11) is 0. The Labute approximate surface area is 134 Å². The summed E-state index contributed by atoms with van der Waals surface area (Å²) in [6.07, 6.45) is 4.30. The summed E-state index contributed by atoms with van der Waals surface area (Å²) >= 11 is 0. The lowest BCUT2D eigenvalue weighted by molar-refractivity contribution is -0.143. The van der Waals surface area contributed by atoms with Crippen molar-refractivity contribution < 1.29 is 14.1 Å². The quantitative estimate of drug-likeness (QED) is 0.854. The third-order valence-electron chi connectivity index (χ3n) is 3.73. The maximum Gasteiger partial charge on any atom is 0.227 e. The molecule has 0 radical (unpaired) electrons. The van der Waals surface area contributed by atoms with E-state index in [0.29, 0.717) is 37.6 Å². The summed E-state index contributed by atoms with van der Waals surface area (Å²) in [5.74, 6) is 1.08. The molecule has 0 aliphatic carbocycles. The minimum absolute atomic E-state index is 0.0735. The van der Waals surface area contributed by atoms with E-state index in [-0.39, 0.29) is 18.1 Å². The second kappa shape index (κ2) is 6.87. The van der Waals surface area contributed by atoms with Crippen molar-refractivity contribution in [1.82, 2.24) is 20.0 Å². The van der Waals surface area contributed by atoms with Crippen LogP contribution in [0, 0.1) is 0 Å². The van der Waals surface area contributed by atoms with Gasteiger partial charge in [0, 0.05) is 43.9 Å². The predicted octanol–water partition coefficient (Wildman–Crippen LogP) is 1.70. The molecule has 2 aromatic rings. The molecular formula is C16H20N4O3. The number of pyridine rings is 1. The van der Waals surface area contributed by atoms with E-state index in [1.54, 1.807) is 12.4 Å². The van der Waals surface area contributed by atoms with E-state index in [9.17, 15) is 4.79 Å². The number of rotatable bonds is 4. The lowest BCUT2D eigenvalue weighted by Gasteiger charge is -2.35. The van der Waals surface area contributed by atoms with Crippen LogP contribution >= 0.6 is 0 Å². The van der Waals surface area contributed by atoms with Gasteiger partial charge in [-0.05, 0) is 26.0 Å². The van der Waals surface area contributed by atoms with Crippen LogP contribution in [0.5, 0.6) is 0 Å². The fourth-order valence-corrected chi connectivity index (χ4v) is 2.73.